The van der Waals surface area contributed by atoms with Crippen LogP contribution in [0.25, 0.3) is 0 Å². The van der Waals surface area contributed by atoms with Crippen molar-refractivity contribution >= 4 is 17.4 Å². The number of carbonyl (C=O) groups is 1. The Balaban J connectivity index is 1.58. The second-order valence-electron chi connectivity index (χ2n) is 5.48. The summed E-state index contributed by atoms with van der Waals surface area (Å²) in [5, 5.41) is 2.96. The highest BCUT2D eigenvalue weighted by Gasteiger charge is 2.19. The van der Waals surface area contributed by atoms with E-state index >= 15 is 0 Å². The molecule has 1 N–H and O–H groups in total. The maximum absolute atomic E-state index is 12.2. The van der Waals surface area contributed by atoms with Crippen LogP contribution in [-0.2, 0) is 9.53 Å². The Kier molecular flexibility index (Phi) is 4.50. The van der Waals surface area contributed by atoms with Gasteiger partial charge in [-0.15, -0.1) is 0 Å². The Hall–Kier alpha value is -1.88. The van der Waals surface area contributed by atoms with E-state index in [4.69, 9.17) is 4.74 Å². The SMILES string of the molecule is O=C(Nc1ccc(N2CCOCC2)nc1)C1CC=CCC1. The van der Waals surface area contributed by atoms with Gasteiger partial charge >= 0.3 is 0 Å². The number of pyridine rings is 1. The monoisotopic (exact) mass is 287 g/mol. The molecule has 2 heterocycles. The zero-order valence-electron chi connectivity index (χ0n) is 12.1. The summed E-state index contributed by atoms with van der Waals surface area (Å²) in [7, 11) is 0. The standard InChI is InChI=1S/C16H21N3O2/c20-16(13-4-2-1-3-5-13)18-14-6-7-15(17-12-14)19-8-10-21-11-9-19/h1-2,6-7,12-13H,3-5,8-11H2,(H,18,20). The molecule has 5 heteroatoms. The Morgan fingerprint density at radius 2 is 2.14 bits per heavy atom. The van der Waals surface area contributed by atoms with Crippen molar-refractivity contribution in [2.45, 2.75) is 19.3 Å². The largest absolute Gasteiger partial charge is 0.378 e. The van der Waals surface area contributed by atoms with Gasteiger partial charge in [-0.05, 0) is 31.4 Å². The molecule has 1 aromatic heterocycles. The minimum Gasteiger partial charge on any atom is -0.378 e. The predicted octanol–water partition coefficient (Wildman–Crippen LogP) is 2.21. The molecular weight excluding hydrogens is 266 g/mol. The first kappa shape index (κ1) is 14.1. The van der Waals surface area contributed by atoms with Crippen molar-refractivity contribution in [3.8, 4) is 0 Å². The zero-order valence-corrected chi connectivity index (χ0v) is 12.1. The molecule has 1 aliphatic heterocycles. The van der Waals surface area contributed by atoms with Gasteiger partial charge < -0.3 is 15.0 Å². The molecule has 1 aromatic rings. The van der Waals surface area contributed by atoms with Gasteiger partial charge in [-0.2, -0.15) is 0 Å². The van der Waals surface area contributed by atoms with Crippen molar-refractivity contribution in [3.63, 3.8) is 0 Å². The van der Waals surface area contributed by atoms with Crippen molar-refractivity contribution in [2.24, 2.45) is 5.92 Å². The van der Waals surface area contributed by atoms with E-state index in [9.17, 15) is 4.79 Å². The maximum atomic E-state index is 12.2. The third-order valence-corrected chi connectivity index (χ3v) is 3.99. The van der Waals surface area contributed by atoms with Crippen molar-refractivity contribution in [3.05, 3.63) is 30.5 Å². The molecule has 5 nitrogen and oxygen atoms in total. The lowest BCUT2D eigenvalue weighted by Crippen LogP contribution is -2.36. The van der Waals surface area contributed by atoms with Crippen LogP contribution < -0.4 is 10.2 Å². The van der Waals surface area contributed by atoms with Crippen LogP contribution in [0.5, 0.6) is 0 Å². The van der Waals surface area contributed by atoms with Crippen LogP contribution in [0.15, 0.2) is 30.5 Å². The number of hydrogen-bond acceptors (Lipinski definition) is 4. The number of nitrogens with zero attached hydrogens (tertiary/aromatic N) is 2. The van der Waals surface area contributed by atoms with Crippen molar-refractivity contribution < 1.29 is 9.53 Å². The average molecular weight is 287 g/mol. The fourth-order valence-corrected chi connectivity index (χ4v) is 2.72. The van der Waals surface area contributed by atoms with Crippen molar-refractivity contribution in [2.75, 3.05) is 36.5 Å². The highest BCUT2D eigenvalue weighted by atomic mass is 16.5. The zero-order chi connectivity index (χ0) is 14.5. The first-order valence-corrected chi connectivity index (χ1v) is 7.57. The van der Waals surface area contributed by atoms with E-state index in [2.05, 4.69) is 27.4 Å². The molecule has 0 radical (unpaired) electrons. The number of nitrogens with one attached hydrogen (secondary N) is 1. The molecule has 1 amide bonds. The van der Waals surface area contributed by atoms with Crippen LogP contribution in [0.3, 0.4) is 0 Å². The topological polar surface area (TPSA) is 54.5 Å². The highest BCUT2D eigenvalue weighted by Crippen LogP contribution is 2.21. The van der Waals surface area contributed by atoms with Gasteiger partial charge in [0.05, 0.1) is 25.1 Å². The van der Waals surface area contributed by atoms with Crippen LogP contribution in [0, 0.1) is 5.92 Å². The molecule has 1 fully saturated rings. The number of morpholine rings is 1. The second-order valence-corrected chi connectivity index (χ2v) is 5.48. The number of hydrogen-bond donors (Lipinski definition) is 1. The number of anilines is 2. The van der Waals surface area contributed by atoms with Crippen molar-refractivity contribution in [1.29, 1.82) is 0 Å². The Morgan fingerprint density at radius 1 is 1.29 bits per heavy atom. The third-order valence-electron chi connectivity index (χ3n) is 3.99. The van der Waals surface area contributed by atoms with E-state index < -0.39 is 0 Å². The summed E-state index contributed by atoms with van der Waals surface area (Å²) in [6, 6.07) is 3.88. The third kappa shape index (κ3) is 3.61. The fourth-order valence-electron chi connectivity index (χ4n) is 2.72. The van der Waals surface area contributed by atoms with Gasteiger partial charge in [-0.1, -0.05) is 12.2 Å². The van der Waals surface area contributed by atoms with Gasteiger partial charge in [0.25, 0.3) is 0 Å². The molecule has 2 aliphatic rings. The predicted molar refractivity (Wildman–Crippen MR) is 82.4 cm³/mol. The number of allylic oxidation sites excluding steroid dienone is 2. The fraction of sp³-hybridized carbons (Fsp3) is 0.500. The molecule has 0 aromatic carbocycles. The molecule has 112 valence electrons. The number of aromatic nitrogens is 1. The Bertz CT molecular complexity index is 507. The molecule has 0 saturated carbocycles. The van der Waals surface area contributed by atoms with Gasteiger partial charge in [-0.3, -0.25) is 4.79 Å². The summed E-state index contributed by atoms with van der Waals surface area (Å²) in [6.45, 7) is 3.23. The van der Waals surface area contributed by atoms with Gasteiger partial charge in [0.15, 0.2) is 0 Å². The van der Waals surface area contributed by atoms with E-state index in [-0.39, 0.29) is 11.8 Å². The molecule has 3 rings (SSSR count). The molecule has 21 heavy (non-hydrogen) atoms. The minimum atomic E-state index is 0.0916. The van der Waals surface area contributed by atoms with E-state index in [0.29, 0.717) is 0 Å². The summed E-state index contributed by atoms with van der Waals surface area (Å²) < 4.78 is 5.33. The number of rotatable bonds is 3. The first-order chi connectivity index (χ1) is 10.3. The summed E-state index contributed by atoms with van der Waals surface area (Å²) in [4.78, 5) is 18.8. The van der Waals surface area contributed by atoms with Gasteiger partial charge in [0.2, 0.25) is 5.91 Å². The van der Waals surface area contributed by atoms with Crippen LogP contribution in [-0.4, -0.2) is 37.2 Å². The van der Waals surface area contributed by atoms with E-state index in [1.807, 2.05) is 12.1 Å². The maximum Gasteiger partial charge on any atom is 0.227 e. The van der Waals surface area contributed by atoms with Gasteiger partial charge in [0, 0.05) is 19.0 Å². The average Bonchev–Trinajstić information content (AvgIpc) is 2.57. The van der Waals surface area contributed by atoms with E-state index in [0.717, 1.165) is 57.1 Å². The number of amides is 1. The molecule has 0 bridgehead atoms. The lowest BCUT2D eigenvalue weighted by molar-refractivity contribution is -0.120. The minimum absolute atomic E-state index is 0.0916. The van der Waals surface area contributed by atoms with Gasteiger partial charge in [0.1, 0.15) is 5.82 Å². The molecule has 0 spiro atoms. The number of ether oxygens (including phenoxy) is 1. The summed E-state index contributed by atoms with van der Waals surface area (Å²) in [5.74, 6) is 1.13. The van der Waals surface area contributed by atoms with E-state index in [1.165, 1.54) is 0 Å². The summed E-state index contributed by atoms with van der Waals surface area (Å²) in [5.41, 5.74) is 0.770. The smallest absolute Gasteiger partial charge is 0.227 e. The second kappa shape index (κ2) is 6.72. The van der Waals surface area contributed by atoms with Crippen molar-refractivity contribution in [1.82, 2.24) is 4.98 Å². The van der Waals surface area contributed by atoms with Crippen LogP contribution in [0.4, 0.5) is 11.5 Å². The molecule has 1 unspecified atom stereocenters. The number of carbonyl (C=O) groups excluding carboxylic acids is 1. The normalized spacial score (nSPS) is 22.1. The van der Waals surface area contributed by atoms with E-state index in [1.54, 1.807) is 6.20 Å². The molecule has 1 atom stereocenters. The Labute approximate surface area is 125 Å². The summed E-state index contributed by atoms with van der Waals surface area (Å²) in [6.07, 6.45) is 8.73. The quantitative estimate of drug-likeness (QED) is 0.866. The van der Waals surface area contributed by atoms with Gasteiger partial charge in [-0.25, -0.2) is 4.98 Å². The van der Waals surface area contributed by atoms with Crippen LogP contribution >= 0.6 is 0 Å². The highest BCUT2D eigenvalue weighted by molar-refractivity contribution is 5.92. The molecule has 1 saturated heterocycles. The van der Waals surface area contributed by atoms with Crippen LogP contribution in [0.1, 0.15) is 19.3 Å². The Morgan fingerprint density at radius 3 is 2.81 bits per heavy atom. The first-order valence-electron chi connectivity index (χ1n) is 7.57. The van der Waals surface area contributed by atoms with Crippen LogP contribution in [0.2, 0.25) is 0 Å². The molecular formula is C16H21N3O2. The summed E-state index contributed by atoms with van der Waals surface area (Å²) >= 11 is 0. The lowest BCUT2D eigenvalue weighted by Gasteiger charge is -2.27. The lowest BCUT2D eigenvalue weighted by atomic mass is 9.93. The molecule has 1 aliphatic carbocycles.